The summed E-state index contributed by atoms with van der Waals surface area (Å²) < 4.78 is 5.75. The Morgan fingerprint density at radius 3 is 2.47 bits per heavy atom. The Bertz CT molecular complexity index is 701. The fourth-order valence-electron chi connectivity index (χ4n) is 1.86. The topological polar surface area (TPSA) is 35.0 Å². The third-order valence-electron chi connectivity index (χ3n) is 2.76. The van der Waals surface area contributed by atoms with Gasteiger partial charge in [-0.2, -0.15) is 4.98 Å². The van der Waals surface area contributed by atoms with Gasteiger partial charge in [-0.1, -0.05) is 42.5 Å². The van der Waals surface area contributed by atoms with Crippen LogP contribution in [0.2, 0.25) is 5.28 Å². The Kier molecular flexibility index (Phi) is 3.29. The van der Waals surface area contributed by atoms with E-state index in [9.17, 15) is 0 Å². The van der Waals surface area contributed by atoms with E-state index in [1.165, 1.54) is 0 Å². The molecule has 19 heavy (non-hydrogen) atoms. The molecule has 3 rings (SSSR count). The number of nitrogens with zero attached hydrogens (tertiary/aromatic N) is 2. The van der Waals surface area contributed by atoms with Crippen molar-refractivity contribution in [3.8, 4) is 5.88 Å². The van der Waals surface area contributed by atoms with Crippen molar-refractivity contribution in [3.05, 3.63) is 65.4 Å². The summed E-state index contributed by atoms with van der Waals surface area (Å²) in [4.78, 5) is 8.31. The van der Waals surface area contributed by atoms with Crippen LogP contribution >= 0.6 is 11.6 Å². The van der Waals surface area contributed by atoms with Crippen molar-refractivity contribution in [1.29, 1.82) is 0 Å². The lowest BCUT2D eigenvalue weighted by Gasteiger charge is -2.08. The van der Waals surface area contributed by atoms with Gasteiger partial charge < -0.3 is 4.74 Å². The van der Waals surface area contributed by atoms with Crippen molar-refractivity contribution in [2.75, 3.05) is 0 Å². The molecule has 0 aliphatic rings. The summed E-state index contributed by atoms with van der Waals surface area (Å²) in [7, 11) is 0. The van der Waals surface area contributed by atoms with Crippen molar-refractivity contribution >= 4 is 22.5 Å². The summed E-state index contributed by atoms with van der Waals surface area (Å²) in [6.07, 6.45) is 0. The predicted molar refractivity (Wildman–Crippen MR) is 75.3 cm³/mol. The van der Waals surface area contributed by atoms with E-state index < -0.39 is 0 Å². The number of hydrogen-bond donors (Lipinski definition) is 0. The molecule has 94 valence electrons. The summed E-state index contributed by atoms with van der Waals surface area (Å²) >= 11 is 5.90. The van der Waals surface area contributed by atoms with Crippen LogP contribution in [-0.4, -0.2) is 9.97 Å². The molecule has 0 fully saturated rings. The van der Waals surface area contributed by atoms with Gasteiger partial charge in [-0.25, -0.2) is 4.98 Å². The molecule has 0 radical (unpaired) electrons. The maximum Gasteiger partial charge on any atom is 0.226 e. The Labute approximate surface area is 115 Å². The third kappa shape index (κ3) is 2.66. The van der Waals surface area contributed by atoms with Crippen LogP contribution in [0.1, 0.15) is 5.56 Å². The second-order valence-electron chi connectivity index (χ2n) is 4.09. The van der Waals surface area contributed by atoms with Crippen molar-refractivity contribution < 1.29 is 4.74 Å². The number of halogens is 1. The maximum absolute atomic E-state index is 5.90. The highest BCUT2D eigenvalue weighted by Gasteiger charge is 2.07. The molecule has 0 aliphatic carbocycles. The molecule has 0 spiro atoms. The lowest BCUT2D eigenvalue weighted by Crippen LogP contribution is -1.99. The highest BCUT2D eigenvalue weighted by atomic mass is 35.5. The number of hydrogen-bond acceptors (Lipinski definition) is 3. The molecule has 0 bridgehead atoms. The first-order valence-corrected chi connectivity index (χ1v) is 6.30. The molecule has 0 saturated carbocycles. The molecule has 2 aromatic carbocycles. The standard InChI is InChI=1S/C15H11ClN2O/c16-15-17-13-9-5-4-8-12(13)14(18-15)19-10-11-6-2-1-3-7-11/h1-9H,10H2. The Balaban J connectivity index is 1.92. The molecule has 3 nitrogen and oxygen atoms in total. The average Bonchev–Trinajstić information content (AvgIpc) is 2.45. The number of aromatic nitrogens is 2. The highest BCUT2D eigenvalue weighted by Crippen LogP contribution is 2.24. The number of fused-ring (bicyclic) bond motifs is 1. The summed E-state index contributed by atoms with van der Waals surface area (Å²) in [6, 6.07) is 17.6. The van der Waals surface area contributed by atoms with E-state index in [0.717, 1.165) is 16.5 Å². The van der Waals surface area contributed by atoms with Gasteiger partial charge in [-0.3, -0.25) is 0 Å². The fraction of sp³-hybridized carbons (Fsp3) is 0.0667. The zero-order chi connectivity index (χ0) is 13.1. The van der Waals surface area contributed by atoms with Crippen LogP contribution in [0.15, 0.2) is 54.6 Å². The molecule has 0 amide bonds. The van der Waals surface area contributed by atoms with Gasteiger partial charge in [0.1, 0.15) is 6.61 Å². The molecule has 0 N–H and O–H groups in total. The second-order valence-corrected chi connectivity index (χ2v) is 4.43. The van der Waals surface area contributed by atoms with Gasteiger partial charge >= 0.3 is 0 Å². The van der Waals surface area contributed by atoms with Crippen LogP contribution in [0.25, 0.3) is 10.9 Å². The molecular weight excluding hydrogens is 260 g/mol. The molecule has 0 atom stereocenters. The minimum absolute atomic E-state index is 0.196. The summed E-state index contributed by atoms with van der Waals surface area (Å²) in [5, 5.41) is 1.06. The van der Waals surface area contributed by atoms with E-state index in [1.807, 2.05) is 54.6 Å². The van der Waals surface area contributed by atoms with Gasteiger partial charge in [0.25, 0.3) is 0 Å². The first-order chi connectivity index (χ1) is 9.33. The largest absolute Gasteiger partial charge is 0.472 e. The molecule has 0 aliphatic heterocycles. The Hall–Kier alpha value is -2.13. The van der Waals surface area contributed by atoms with Crippen molar-refractivity contribution in [2.45, 2.75) is 6.61 Å². The quantitative estimate of drug-likeness (QED) is 0.678. The first kappa shape index (κ1) is 11.9. The van der Waals surface area contributed by atoms with Gasteiger partial charge in [-0.15, -0.1) is 0 Å². The van der Waals surface area contributed by atoms with Crippen LogP contribution in [-0.2, 0) is 6.61 Å². The van der Waals surface area contributed by atoms with Crippen molar-refractivity contribution in [3.63, 3.8) is 0 Å². The van der Waals surface area contributed by atoms with Crippen LogP contribution in [0.5, 0.6) is 5.88 Å². The van der Waals surface area contributed by atoms with Crippen LogP contribution in [0, 0.1) is 0 Å². The summed E-state index contributed by atoms with van der Waals surface area (Å²) in [5.74, 6) is 0.513. The number of benzene rings is 2. The molecule has 4 heteroatoms. The normalized spacial score (nSPS) is 10.6. The Morgan fingerprint density at radius 1 is 0.895 bits per heavy atom. The minimum Gasteiger partial charge on any atom is -0.472 e. The monoisotopic (exact) mass is 270 g/mol. The lowest BCUT2D eigenvalue weighted by molar-refractivity contribution is 0.297. The fourth-order valence-corrected chi connectivity index (χ4v) is 2.02. The summed E-state index contributed by atoms with van der Waals surface area (Å²) in [6.45, 7) is 0.457. The molecule has 3 aromatic rings. The van der Waals surface area contributed by atoms with Gasteiger partial charge in [0.2, 0.25) is 11.2 Å². The molecule has 1 aromatic heterocycles. The van der Waals surface area contributed by atoms with Crippen LogP contribution < -0.4 is 4.74 Å². The van der Waals surface area contributed by atoms with E-state index in [0.29, 0.717) is 12.5 Å². The zero-order valence-electron chi connectivity index (χ0n) is 10.1. The first-order valence-electron chi connectivity index (χ1n) is 5.92. The second kappa shape index (κ2) is 5.24. The third-order valence-corrected chi connectivity index (χ3v) is 2.93. The molecule has 1 heterocycles. The van der Waals surface area contributed by atoms with Gasteiger partial charge in [-0.05, 0) is 29.3 Å². The van der Waals surface area contributed by atoms with E-state index in [4.69, 9.17) is 16.3 Å². The molecule has 0 saturated heterocycles. The molecule has 0 unspecified atom stereocenters. The van der Waals surface area contributed by atoms with E-state index in [-0.39, 0.29) is 5.28 Å². The van der Waals surface area contributed by atoms with Gasteiger partial charge in [0.05, 0.1) is 10.9 Å². The Morgan fingerprint density at radius 2 is 1.63 bits per heavy atom. The van der Waals surface area contributed by atoms with Crippen molar-refractivity contribution in [1.82, 2.24) is 9.97 Å². The van der Waals surface area contributed by atoms with Crippen LogP contribution in [0.4, 0.5) is 0 Å². The number of rotatable bonds is 3. The van der Waals surface area contributed by atoms with E-state index >= 15 is 0 Å². The summed E-state index contributed by atoms with van der Waals surface area (Å²) in [5.41, 5.74) is 1.87. The zero-order valence-corrected chi connectivity index (χ0v) is 10.8. The van der Waals surface area contributed by atoms with Crippen molar-refractivity contribution in [2.24, 2.45) is 0 Å². The minimum atomic E-state index is 0.196. The van der Waals surface area contributed by atoms with Gasteiger partial charge in [0, 0.05) is 0 Å². The van der Waals surface area contributed by atoms with E-state index in [2.05, 4.69) is 9.97 Å². The lowest BCUT2D eigenvalue weighted by atomic mass is 10.2. The molecular formula is C15H11ClN2O. The van der Waals surface area contributed by atoms with Crippen LogP contribution in [0.3, 0.4) is 0 Å². The number of ether oxygens (including phenoxy) is 1. The van der Waals surface area contributed by atoms with Gasteiger partial charge in [0.15, 0.2) is 0 Å². The maximum atomic E-state index is 5.90. The predicted octanol–water partition coefficient (Wildman–Crippen LogP) is 3.86. The smallest absolute Gasteiger partial charge is 0.226 e. The van der Waals surface area contributed by atoms with E-state index in [1.54, 1.807) is 0 Å². The SMILES string of the molecule is Clc1nc(OCc2ccccc2)c2ccccc2n1. The highest BCUT2D eigenvalue weighted by molar-refractivity contribution is 6.28. The average molecular weight is 271 g/mol. The number of para-hydroxylation sites is 1.